The summed E-state index contributed by atoms with van der Waals surface area (Å²) < 4.78 is 117. The minimum atomic E-state index is -3.97. The van der Waals surface area contributed by atoms with Gasteiger partial charge in [-0.25, -0.2) is 0 Å². The average molecular weight is 809 g/mol. The van der Waals surface area contributed by atoms with Crippen molar-refractivity contribution in [2.75, 3.05) is 61.4 Å². The van der Waals surface area contributed by atoms with Crippen molar-refractivity contribution in [3.05, 3.63) is 86.5 Å². The summed E-state index contributed by atoms with van der Waals surface area (Å²) in [5.74, 6) is 0.421. The molecule has 53 heavy (non-hydrogen) atoms. The molecule has 0 aliphatic heterocycles. The molecule has 3 aromatic rings. The van der Waals surface area contributed by atoms with E-state index >= 15 is 0 Å². The second-order valence-electron chi connectivity index (χ2n) is 12.6. The molecule has 0 amide bonds. The topological polar surface area (TPSA) is 198 Å². The fourth-order valence-corrected chi connectivity index (χ4v) is 7.57. The van der Waals surface area contributed by atoms with E-state index in [-0.39, 0.29) is 56.9 Å². The first-order valence-electron chi connectivity index (χ1n) is 15.9. The highest BCUT2D eigenvalue weighted by molar-refractivity contribution is 8.20. The van der Waals surface area contributed by atoms with Crippen molar-refractivity contribution >= 4 is 31.9 Å². The maximum absolute atomic E-state index is 12.5. The minimum absolute atomic E-state index is 0.0153. The van der Waals surface area contributed by atoms with Crippen LogP contribution in [0.2, 0.25) is 0 Å². The van der Waals surface area contributed by atoms with E-state index in [1.54, 1.807) is 12.1 Å². The number of rotatable bonds is 21. The lowest BCUT2D eigenvalue weighted by Crippen LogP contribution is -2.28. The van der Waals surface area contributed by atoms with Gasteiger partial charge in [-0.15, -0.1) is 0 Å². The summed E-state index contributed by atoms with van der Waals surface area (Å²) in [5.41, 5.74) is 3.52. The van der Waals surface area contributed by atoms with Crippen molar-refractivity contribution in [3.63, 3.8) is 0 Å². The molecule has 0 saturated heterocycles. The molecule has 0 aliphatic carbocycles. The summed E-state index contributed by atoms with van der Waals surface area (Å²) >= 11 is 0. The standard InChI is InChI=1S/C35H52O15S3/c1-35(29-11-23(17-42-2)32(48-51(8,36)37)24(12-29)18-43-3,30-13-25(19-44-4)33(49-52(9,38)39)26(14-30)20-45-5)31-15-27(21-46-6)34(50-53(10,40)41)28(16-31)22-47-7/h11-16,36-39H,17-22H2,1-10H3. The molecule has 0 bridgehead atoms. The Labute approximate surface area is 315 Å². The molecule has 0 saturated carbocycles. The second-order valence-corrected chi connectivity index (χ2v) is 17.5. The van der Waals surface area contributed by atoms with E-state index in [0.29, 0.717) is 50.1 Å². The van der Waals surface area contributed by atoms with Crippen LogP contribution in [0.15, 0.2) is 36.4 Å². The molecule has 0 aromatic heterocycles. The first-order chi connectivity index (χ1) is 24.7. The van der Waals surface area contributed by atoms with Gasteiger partial charge in [0, 0.05) is 94.0 Å². The summed E-state index contributed by atoms with van der Waals surface area (Å²) in [4.78, 5) is 0. The Bertz CT molecular complexity index is 1640. The summed E-state index contributed by atoms with van der Waals surface area (Å²) in [6, 6.07) is 10.8. The van der Waals surface area contributed by atoms with Crippen LogP contribution in [0.4, 0.5) is 0 Å². The van der Waals surface area contributed by atoms with Gasteiger partial charge in [-0.2, -0.15) is 8.42 Å². The molecule has 0 atom stereocenters. The van der Waals surface area contributed by atoms with Gasteiger partial charge >= 0.3 is 10.1 Å². The molecule has 0 aliphatic rings. The lowest BCUT2D eigenvalue weighted by Gasteiger charge is -2.36. The van der Waals surface area contributed by atoms with Crippen LogP contribution in [0.25, 0.3) is 0 Å². The van der Waals surface area contributed by atoms with Gasteiger partial charge in [0.1, 0.15) is 21.7 Å². The van der Waals surface area contributed by atoms with Crippen LogP contribution in [0.5, 0.6) is 17.2 Å². The van der Waals surface area contributed by atoms with Crippen molar-refractivity contribution in [2.24, 2.45) is 0 Å². The summed E-state index contributed by atoms with van der Waals surface area (Å²) in [5, 5.41) is 0. The van der Waals surface area contributed by atoms with Crippen LogP contribution in [-0.2, 0) is 83.6 Å². The zero-order valence-corrected chi connectivity index (χ0v) is 34.2. The summed E-state index contributed by atoms with van der Waals surface area (Å²) in [6.07, 6.45) is 3.28. The third-order valence-electron chi connectivity index (χ3n) is 7.98. The fraction of sp³-hybridized carbons (Fsp3) is 0.486. The number of methoxy groups -OCH3 is 6. The third-order valence-corrected chi connectivity index (χ3v) is 9.41. The largest absolute Gasteiger partial charge is 0.403 e. The Morgan fingerprint density at radius 2 is 0.660 bits per heavy atom. The van der Waals surface area contributed by atoms with Crippen molar-refractivity contribution < 1.29 is 67.6 Å². The maximum atomic E-state index is 12.5. The van der Waals surface area contributed by atoms with Crippen molar-refractivity contribution in [2.45, 2.75) is 52.0 Å². The molecule has 3 aromatic carbocycles. The average Bonchev–Trinajstić information content (AvgIpc) is 3.03. The van der Waals surface area contributed by atoms with Crippen LogP contribution in [0, 0.1) is 0 Å². The van der Waals surface area contributed by atoms with Crippen LogP contribution >= 0.6 is 21.7 Å². The monoisotopic (exact) mass is 808 g/mol. The van der Waals surface area contributed by atoms with E-state index in [1.165, 1.54) is 42.7 Å². The molecule has 0 spiro atoms. The molecule has 4 N–H and O–H groups in total. The van der Waals surface area contributed by atoms with Gasteiger partial charge in [0.2, 0.25) is 0 Å². The second kappa shape index (κ2) is 18.8. The Balaban J connectivity index is 2.65. The smallest absolute Gasteiger partial charge is 0.306 e. The molecular formula is C35H52O15S3. The highest BCUT2D eigenvalue weighted by atomic mass is 32.3. The molecule has 18 heteroatoms. The van der Waals surface area contributed by atoms with Gasteiger partial charge < -0.3 is 41.0 Å². The minimum Gasteiger partial charge on any atom is -0.403 e. The lowest BCUT2D eigenvalue weighted by atomic mass is 9.69. The van der Waals surface area contributed by atoms with Gasteiger partial charge in [0.05, 0.1) is 45.9 Å². The predicted octanol–water partition coefficient (Wildman–Crippen LogP) is 6.61. The molecule has 0 heterocycles. The fourth-order valence-electron chi connectivity index (χ4n) is 5.99. The molecule has 300 valence electrons. The Morgan fingerprint density at radius 1 is 0.453 bits per heavy atom. The van der Waals surface area contributed by atoms with Crippen LogP contribution in [-0.4, -0.2) is 88.1 Å². The van der Waals surface area contributed by atoms with Crippen molar-refractivity contribution in [1.29, 1.82) is 0 Å². The third kappa shape index (κ3) is 11.9. The van der Waals surface area contributed by atoms with E-state index in [4.69, 9.17) is 41.0 Å². The highest BCUT2D eigenvalue weighted by Gasteiger charge is 2.37. The van der Waals surface area contributed by atoms with Gasteiger partial charge in [-0.3, -0.25) is 18.2 Å². The van der Waals surface area contributed by atoms with Crippen molar-refractivity contribution in [1.82, 2.24) is 0 Å². The van der Waals surface area contributed by atoms with Crippen LogP contribution < -0.4 is 12.5 Å². The highest BCUT2D eigenvalue weighted by Crippen LogP contribution is 2.49. The Kier molecular flexibility index (Phi) is 15.8. The number of hydrogen-bond donors (Lipinski definition) is 4. The van der Waals surface area contributed by atoms with E-state index in [9.17, 15) is 26.6 Å². The molecule has 0 fully saturated rings. The summed E-state index contributed by atoms with van der Waals surface area (Å²) in [7, 11) is -2.01. The first kappa shape index (κ1) is 44.7. The van der Waals surface area contributed by atoms with Gasteiger partial charge in [0.15, 0.2) is 17.2 Å². The molecule has 0 unspecified atom stereocenters. The van der Waals surface area contributed by atoms with E-state index in [1.807, 2.05) is 31.2 Å². The molecular weight excluding hydrogens is 757 g/mol. The molecule has 3 rings (SSSR count). The Morgan fingerprint density at radius 3 is 0.830 bits per heavy atom. The molecule has 0 radical (unpaired) electrons. The predicted molar refractivity (Wildman–Crippen MR) is 203 cm³/mol. The number of benzene rings is 3. The first-order valence-corrected chi connectivity index (χ1v) is 21.5. The van der Waals surface area contributed by atoms with Gasteiger partial charge in [0.25, 0.3) is 0 Å². The van der Waals surface area contributed by atoms with Gasteiger partial charge in [-0.1, -0.05) is 0 Å². The summed E-state index contributed by atoms with van der Waals surface area (Å²) in [6.45, 7) is 1.95. The number of ether oxygens (including phenoxy) is 6. The SMILES string of the molecule is COCc1cc(C(C)(c2cc(COC)c(OS(C)(O)O)c(COC)c2)c2cc(COC)c(OS(C)(=O)=O)c(COC)c2)cc(COC)c1OS(C)(O)O. The zero-order valence-electron chi connectivity index (χ0n) is 31.7. The Hall–Kier alpha value is -2.69. The van der Waals surface area contributed by atoms with Crippen LogP contribution in [0.1, 0.15) is 57.0 Å². The number of hydrogen-bond acceptors (Lipinski definition) is 15. The normalized spacial score (nSPS) is 13.2. The van der Waals surface area contributed by atoms with Gasteiger partial charge in [-0.05, 0) is 60.0 Å². The molecule has 15 nitrogen and oxygen atoms in total. The quantitative estimate of drug-likeness (QED) is 0.0662. The zero-order chi connectivity index (χ0) is 39.8. The maximum Gasteiger partial charge on any atom is 0.306 e. The lowest BCUT2D eigenvalue weighted by molar-refractivity contribution is 0.175. The van der Waals surface area contributed by atoms with E-state index < -0.39 is 37.3 Å². The van der Waals surface area contributed by atoms with Crippen molar-refractivity contribution in [3.8, 4) is 17.2 Å². The van der Waals surface area contributed by atoms with Crippen LogP contribution in [0.3, 0.4) is 0 Å². The van der Waals surface area contributed by atoms with E-state index in [0.717, 1.165) is 18.8 Å². The van der Waals surface area contributed by atoms with E-state index in [2.05, 4.69) is 0 Å².